The number of hydrogen-bond donors (Lipinski definition) is 0. The van der Waals surface area contributed by atoms with E-state index in [1.807, 2.05) is 11.0 Å². The molecule has 0 atom stereocenters. The quantitative estimate of drug-likeness (QED) is 0.794. The molecule has 0 aliphatic carbocycles. The van der Waals surface area contributed by atoms with Gasteiger partial charge in [0.25, 0.3) is 0 Å². The van der Waals surface area contributed by atoms with Crippen LogP contribution in [0.3, 0.4) is 0 Å². The van der Waals surface area contributed by atoms with Crippen molar-refractivity contribution in [1.29, 1.82) is 5.26 Å². The second-order valence-electron chi connectivity index (χ2n) is 6.47. The minimum atomic E-state index is -0.524. The SMILES string of the molecule is COc1ccc(OC)c(CC(=O)N2CCN(c3cccc(F)c3C#N)CC2)c1. The number of carbonyl (C=O) groups is 1. The van der Waals surface area contributed by atoms with Gasteiger partial charge in [0, 0.05) is 31.7 Å². The van der Waals surface area contributed by atoms with E-state index in [0.29, 0.717) is 43.4 Å². The minimum Gasteiger partial charge on any atom is -0.497 e. The first kappa shape index (κ1) is 19.5. The van der Waals surface area contributed by atoms with Crippen LogP contribution in [0.1, 0.15) is 11.1 Å². The summed E-state index contributed by atoms with van der Waals surface area (Å²) in [7, 11) is 3.15. The molecule has 146 valence electrons. The Morgan fingerprint density at radius 2 is 1.89 bits per heavy atom. The van der Waals surface area contributed by atoms with Crippen molar-refractivity contribution in [2.24, 2.45) is 0 Å². The van der Waals surface area contributed by atoms with Crippen LogP contribution >= 0.6 is 0 Å². The molecule has 1 fully saturated rings. The van der Waals surface area contributed by atoms with Crippen LogP contribution < -0.4 is 14.4 Å². The van der Waals surface area contributed by atoms with Crippen LogP contribution in [0.2, 0.25) is 0 Å². The standard InChI is InChI=1S/C21H22FN3O3/c1-27-16-6-7-20(28-2)15(12-16)13-21(26)25-10-8-24(9-11-25)19-5-3-4-18(22)17(19)14-23/h3-7,12H,8-11,13H2,1-2H3. The van der Waals surface area contributed by atoms with Gasteiger partial charge in [-0.05, 0) is 30.3 Å². The monoisotopic (exact) mass is 383 g/mol. The largest absolute Gasteiger partial charge is 0.497 e. The molecule has 2 aromatic rings. The molecule has 1 amide bonds. The number of rotatable bonds is 5. The number of halogens is 1. The van der Waals surface area contributed by atoms with E-state index in [2.05, 4.69) is 0 Å². The molecule has 0 saturated carbocycles. The van der Waals surface area contributed by atoms with Crippen LogP contribution in [0.15, 0.2) is 36.4 Å². The highest BCUT2D eigenvalue weighted by Gasteiger charge is 2.24. The fourth-order valence-corrected chi connectivity index (χ4v) is 3.38. The first-order valence-electron chi connectivity index (χ1n) is 8.99. The zero-order chi connectivity index (χ0) is 20.1. The number of anilines is 1. The lowest BCUT2D eigenvalue weighted by molar-refractivity contribution is -0.130. The van der Waals surface area contributed by atoms with Gasteiger partial charge in [-0.25, -0.2) is 4.39 Å². The zero-order valence-electron chi connectivity index (χ0n) is 15.9. The topological polar surface area (TPSA) is 65.8 Å². The molecule has 6 nitrogen and oxygen atoms in total. The molecule has 7 heteroatoms. The lowest BCUT2D eigenvalue weighted by atomic mass is 10.1. The number of hydrogen-bond acceptors (Lipinski definition) is 5. The number of ether oxygens (including phenoxy) is 2. The number of methoxy groups -OCH3 is 2. The Kier molecular flexibility index (Phi) is 5.99. The summed E-state index contributed by atoms with van der Waals surface area (Å²) in [5, 5.41) is 9.22. The van der Waals surface area contributed by atoms with Crippen LogP contribution in [-0.4, -0.2) is 51.2 Å². The molecule has 1 aliphatic heterocycles. The van der Waals surface area contributed by atoms with Crippen LogP contribution in [0, 0.1) is 17.1 Å². The van der Waals surface area contributed by atoms with Crippen molar-refractivity contribution < 1.29 is 18.7 Å². The maximum atomic E-state index is 13.9. The molecule has 0 bridgehead atoms. The number of amides is 1. The third-order valence-corrected chi connectivity index (χ3v) is 4.91. The summed E-state index contributed by atoms with van der Waals surface area (Å²) in [6.07, 6.45) is 0.212. The minimum absolute atomic E-state index is 0.00838. The summed E-state index contributed by atoms with van der Waals surface area (Å²) in [6, 6.07) is 11.9. The molecule has 1 aliphatic rings. The first-order valence-corrected chi connectivity index (χ1v) is 8.99. The molecule has 0 N–H and O–H groups in total. The van der Waals surface area contributed by atoms with E-state index < -0.39 is 5.82 Å². The van der Waals surface area contributed by atoms with Crippen molar-refractivity contribution in [3.8, 4) is 17.6 Å². The number of nitriles is 1. The summed E-state index contributed by atoms with van der Waals surface area (Å²) in [6.45, 7) is 2.09. The van der Waals surface area contributed by atoms with Gasteiger partial charge in [0.05, 0.1) is 26.3 Å². The molecule has 1 heterocycles. The summed E-state index contributed by atoms with van der Waals surface area (Å²) in [4.78, 5) is 16.5. The maximum Gasteiger partial charge on any atom is 0.227 e. The van der Waals surface area contributed by atoms with Crippen molar-refractivity contribution in [2.45, 2.75) is 6.42 Å². The summed E-state index contributed by atoms with van der Waals surface area (Å²) in [5.41, 5.74) is 1.39. The Balaban J connectivity index is 1.67. The summed E-state index contributed by atoms with van der Waals surface area (Å²) < 4.78 is 24.4. The number of carbonyl (C=O) groups excluding carboxylic acids is 1. The van der Waals surface area contributed by atoms with Gasteiger partial charge in [0.15, 0.2) is 0 Å². The Hall–Kier alpha value is -3.27. The predicted octanol–water partition coefficient (Wildman–Crippen LogP) is 2.61. The maximum absolute atomic E-state index is 13.9. The van der Waals surface area contributed by atoms with Gasteiger partial charge >= 0.3 is 0 Å². The Labute approximate surface area is 163 Å². The van der Waals surface area contributed by atoms with Gasteiger partial charge in [-0.3, -0.25) is 4.79 Å². The molecule has 0 aromatic heterocycles. The molecule has 28 heavy (non-hydrogen) atoms. The van der Waals surface area contributed by atoms with Gasteiger partial charge in [-0.1, -0.05) is 6.07 Å². The smallest absolute Gasteiger partial charge is 0.227 e. The molecular formula is C21H22FN3O3. The fourth-order valence-electron chi connectivity index (χ4n) is 3.38. The van der Waals surface area contributed by atoms with Crippen LogP contribution in [-0.2, 0) is 11.2 Å². The third-order valence-electron chi connectivity index (χ3n) is 4.91. The Bertz CT molecular complexity index is 902. The molecular weight excluding hydrogens is 361 g/mol. The van der Waals surface area contributed by atoms with Gasteiger partial charge < -0.3 is 19.3 Å². The van der Waals surface area contributed by atoms with E-state index >= 15 is 0 Å². The van der Waals surface area contributed by atoms with E-state index in [9.17, 15) is 14.4 Å². The van der Waals surface area contributed by atoms with Crippen LogP contribution in [0.25, 0.3) is 0 Å². The summed E-state index contributed by atoms with van der Waals surface area (Å²) >= 11 is 0. The Morgan fingerprint density at radius 1 is 1.14 bits per heavy atom. The predicted molar refractivity (Wildman–Crippen MR) is 103 cm³/mol. The van der Waals surface area contributed by atoms with Crippen molar-refractivity contribution >= 4 is 11.6 Å². The van der Waals surface area contributed by atoms with Crippen molar-refractivity contribution in [3.05, 3.63) is 53.3 Å². The zero-order valence-corrected chi connectivity index (χ0v) is 15.9. The van der Waals surface area contributed by atoms with Gasteiger partial charge in [0.2, 0.25) is 5.91 Å². The molecule has 0 spiro atoms. The lowest BCUT2D eigenvalue weighted by Gasteiger charge is -2.36. The molecule has 2 aromatic carbocycles. The molecule has 3 rings (SSSR count). The summed E-state index contributed by atoms with van der Waals surface area (Å²) in [5.74, 6) is 0.782. The van der Waals surface area contributed by atoms with E-state index in [-0.39, 0.29) is 17.9 Å². The third kappa shape index (κ3) is 4.01. The van der Waals surface area contributed by atoms with E-state index in [1.165, 1.54) is 6.07 Å². The van der Waals surface area contributed by atoms with Crippen molar-refractivity contribution in [3.63, 3.8) is 0 Å². The normalized spacial score (nSPS) is 13.8. The Morgan fingerprint density at radius 3 is 2.54 bits per heavy atom. The highest BCUT2D eigenvalue weighted by Crippen LogP contribution is 2.26. The van der Waals surface area contributed by atoms with E-state index in [1.54, 1.807) is 49.5 Å². The lowest BCUT2D eigenvalue weighted by Crippen LogP contribution is -2.49. The van der Waals surface area contributed by atoms with Gasteiger partial charge in [-0.2, -0.15) is 5.26 Å². The molecule has 1 saturated heterocycles. The van der Waals surface area contributed by atoms with Crippen molar-refractivity contribution in [2.75, 3.05) is 45.3 Å². The average molecular weight is 383 g/mol. The van der Waals surface area contributed by atoms with E-state index in [0.717, 1.165) is 5.56 Å². The van der Waals surface area contributed by atoms with Crippen molar-refractivity contribution in [1.82, 2.24) is 4.90 Å². The van der Waals surface area contributed by atoms with Crippen LogP contribution in [0.4, 0.5) is 10.1 Å². The second kappa shape index (κ2) is 8.61. The average Bonchev–Trinajstić information content (AvgIpc) is 2.73. The number of nitrogens with zero attached hydrogens (tertiary/aromatic N) is 3. The van der Waals surface area contributed by atoms with Gasteiger partial charge in [-0.15, -0.1) is 0 Å². The highest BCUT2D eigenvalue weighted by atomic mass is 19.1. The second-order valence-corrected chi connectivity index (χ2v) is 6.47. The molecule has 0 unspecified atom stereocenters. The fraction of sp³-hybridized carbons (Fsp3) is 0.333. The van der Waals surface area contributed by atoms with E-state index in [4.69, 9.17) is 9.47 Å². The first-order chi connectivity index (χ1) is 13.6. The van der Waals surface area contributed by atoms with Gasteiger partial charge in [0.1, 0.15) is 28.9 Å². The highest BCUT2D eigenvalue weighted by molar-refractivity contribution is 5.80. The number of benzene rings is 2. The molecule has 0 radical (unpaired) electrons. The number of piperazine rings is 1. The van der Waals surface area contributed by atoms with Crippen LogP contribution in [0.5, 0.6) is 11.5 Å².